The fourth-order valence-corrected chi connectivity index (χ4v) is 3.74. The monoisotopic (exact) mass is 420 g/mol. The Balaban J connectivity index is 1.44. The molecule has 6 nitrogen and oxygen atoms in total. The zero-order valence-corrected chi connectivity index (χ0v) is 18.0. The predicted octanol–water partition coefficient (Wildman–Crippen LogP) is 3.74. The fraction of sp³-hybridized carbons (Fsp3) is 0.400. The molecular weight excluding hydrogens is 392 g/mol. The number of hydrogen-bond donors (Lipinski definition) is 0. The first-order valence-electron chi connectivity index (χ1n) is 10.7. The van der Waals surface area contributed by atoms with E-state index in [1.807, 2.05) is 12.1 Å². The number of nitrogens with zero attached hydrogens (tertiary/aromatic N) is 2. The Labute approximate surface area is 183 Å². The number of hydrogen-bond acceptors (Lipinski definition) is 5. The van der Waals surface area contributed by atoms with Crippen LogP contribution in [0, 0.1) is 17.2 Å². The zero-order chi connectivity index (χ0) is 22.2. The third-order valence-corrected chi connectivity index (χ3v) is 5.56. The van der Waals surface area contributed by atoms with Crippen molar-refractivity contribution in [1.82, 2.24) is 4.90 Å². The van der Waals surface area contributed by atoms with Gasteiger partial charge in [0.2, 0.25) is 0 Å². The van der Waals surface area contributed by atoms with Crippen molar-refractivity contribution >= 4 is 11.9 Å². The van der Waals surface area contributed by atoms with Crippen LogP contribution in [0.25, 0.3) is 0 Å². The van der Waals surface area contributed by atoms with Gasteiger partial charge in [-0.05, 0) is 68.9 Å². The number of carbonyl (C=O) groups excluding carboxylic acids is 2. The molecule has 1 amide bonds. The number of nitriles is 1. The van der Waals surface area contributed by atoms with Crippen LogP contribution in [0.1, 0.15) is 37.8 Å². The fourth-order valence-electron chi connectivity index (χ4n) is 3.74. The summed E-state index contributed by atoms with van der Waals surface area (Å²) in [7, 11) is 0. The molecule has 0 aliphatic carbocycles. The summed E-state index contributed by atoms with van der Waals surface area (Å²) < 4.78 is 10.9. The van der Waals surface area contributed by atoms with Crippen LogP contribution in [0.5, 0.6) is 5.75 Å². The highest BCUT2D eigenvalue weighted by Gasteiger charge is 2.29. The minimum Gasteiger partial charge on any atom is -0.479 e. The van der Waals surface area contributed by atoms with Crippen molar-refractivity contribution in [2.75, 3.05) is 13.1 Å². The molecule has 1 heterocycles. The number of likely N-dealkylation sites (tertiary alicyclic amines) is 1. The highest BCUT2D eigenvalue weighted by molar-refractivity contribution is 5.84. The Morgan fingerprint density at radius 3 is 2.29 bits per heavy atom. The van der Waals surface area contributed by atoms with Gasteiger partial charge in [0, 0.05) is 13.1 Å². The zero-order valence-electron chi connectivity index (χ0n) is 18.0. The van der Waals surface area contributed by atoms with E-state index in [2.05, 4.69) is 24.3 Å². The van der Waals surface area contributed by atoms with Crippen LogP contribution in [0.3, 0.4) is 0 Å². The smallest absolute Gasteiger partial charge is 0.347 e. The number of benzene rings is 2. The molecule has 1 fully saturated rings. The van der Waals surface area contributed by atoms with Gasteiger partial charge in [-0.25, -0.2) is 4.79 Å². The average Bonchev–Trinajstić information content (AvgIpc) is 2.80. The second kappa shape index (κ2) is 10.6. The summed E-state index contributed by atoms with van der Waals surface area (Å²) in [5.74, 6) is 0.259. The minimum absolute atomic E-state index is 0.169. The van der Waals surface area contributed by atoms with Crippen molar-refractivity contribution in [3.8, 4) is 11.8 Å². The van der Waals surface area contributed by atoms with Gasteiger partial charge in [0.1, 0.15) is 5.75 Å². The largest absolute Gasteiger partial charge is 0.479 e. The van der Waals surface area contributed by atoms with E-state index in [1.165, 1.54) is 5.56 Å². The second-order valence-corrected chi connectivity index (χ2v) is 7.93. The molecular formula is C25H28N2O4. The quantitative estimate of drug-likeness (QED) is 0.638. The number of piperidine rings is 1. The van der Waals surface area contributed by atoms with Crippen LogP contribution in [0.4, 0.5) is 0 Å². The van der Waals surface area contributed by atoms with Crippen LogP contribution in [-0.4, -0.2) is 42.1 Å². The topological polar surface area (TPSA) is 79.6 Å². The lowest BCUT2D eigenvalue weighted by Gasteiger charge is -2.33. The summed E-state index contributed by atoms with van der Waals surface area (Å²) in [6.07, 6.45) is 1.20. The van der Waals surface area contributed by atoms with Crippen LogP contribution >= 0.6 is 0 Å². The number of rotatable bonds is 7. The molecule has 3 rings (SSSR count). The summed E-state index contributed by atoms with van der Waals surface area (Å²) in [6, 6.07) is 18.9. The first-order valence-corrected chi connectivity index (χ1v) is 10.7. The molecule has 1 saturated heterocycles. The molecule has 162 valence electrons. The lowest BCUT2D eigenvalue weighted by atomic mass is 9.90. The molecule has 1 aliphatic rings. The molecule has 6 heteroatoms. The summed E-state index contributed by atoms with van der Waals surface area (Å²) >= 11 is 0. The molecule has 0 spiro atoms. The van der Waals surface area contributed by atoms with Crippen molar-refractivity contribution in [2.24, 2.45) is 5.92 Å². The molecule has 2 aromatic carbocycles. The summed E-state index contributed by atoms with van der Waals surface area (Å²) in [6.45, 7) is 4.53. The van der Waals surface area contributed by atoms with Gasteiger partial charge in [0.15, 0.2) is 12.2 Å². The third-order valence-electron chi connectivity index (χ3n) is 5.56. The van der Waals surface area contributed by atoms with Crippen molar-refractivity contribution in [2.45, 2.75) is 45.3 Å². The van der Waals surface area contributed by atoms with Gasteiger partial charge < -0.3 is 14.4 Å². The first kappa shape index (κ1) is 22.4. The first-order chi connectivity index (χ1) is 15.0. The van der Waals surface area contributed by atoms with E-state index < -0.39 is 18.2 Å². The summed E-state index contributed by atoms with van der Waals surface area (Å²) in [4.78, 5) is 26.9. The Bertz CT molecular complexity index is 913. The van der Waals surface area contributed by atoms with Gasteiger partial charge in [-0.2, -0.15) is 5.26 Å². The molecule has 0 bridgehead atoms. The van der Waals surface area contributed by atoms with Crippen LogP contribution in [0.15, 0.2) is 54.6 Å². The highest BCUT2D eigenvalue weighted by atomic mass is 16.6. The summed E-state index contributed by atoms with van der Waals surface area (Å²) in [5, 5.41) is 8.84. The molecule has 2 aromatic rings. The standard InChI is InChI=1S/C25H28N2O4/c1-18(31-25(29)19(2)30-23-10-8-22(17-26)9-11-23)24(28)27-14-12-21(13-15-27)16-20-6-4-3-5-7-20/h3-11,18-19,21H,12-16H2,1-2H3/t18-,19+/m1/s1. The maximum Gasteiger partial charge on any atom is 0.347 e. The van der Waals surface area contributed by atoms with E-state index in [-0.39, 0.29) is 5.91 Å². The molecule has 1 aliphatic heterocycles. The molecule has 0 N–H and O–H groups in total. The maximum atomic E-state index is 12.7. The molecule has 2 atom stereocenters. The highest BCUT2D eigenvalue weighted by Crippen LogP contribution is 2.22. The lowest BCUT2D eigenvalue weighted by molar-refractivity contribution is -0.164. The third kappa shape index (κ3) is 6.32. The van der Waals surface area contributed by atoms with Crippen molar-refractivity contribution in [3.63, 3.8) is 0 Å². The SMILES string of the molecule is C[C@H](Oc1ccc(C#N)cc1)C(=O)O[C@H](C)C(=O)N1CCC(Cc2ccccc2)CC1. The number of esters is 1. The number of carbonyl (C=O) groups is 2. The molecule has 0 aromatic heterocycles. The van der Waals surface area contributed by atoms with Crippen molar-refractivity contribution in [3.05, 3.63) is 65.7 Å². The van der Waals surface area contributed by atoms with Gasteiger partial charge in [0.05, 0.1) is 11.6 Å². The summed E-state index contributed by atoms with van der Waals surface area (Å²) in [5.41, 5.74) is 1.83. The number of amides is 1. The van der Waals surface area contributed by atoms with Gasteiger partial charge in [0.25, 0.3) is 5.91 Å². The van der Waals surface area contributed by atoms with Crippen LogP contribution in [0.2, 0.25) is 0 Å². The van der Waals surface area contributed by atoms with E-state index in [1.54, 1.807) is 43.0 Å². The van der Waals surface area contributed by atoms with Gasteiger partial charge in [-0.3, -0.25) is 4.79 Å². The lowest BCUT2D eigenvalue weighted by Crippen LogP contribution is -2.45. The Morgan fingerprint density at radius 2 is 1.68 bits per heavy atom. The van der Waals surface area contributed by atoms with E-state index in [9.17, 15) is 9.59 Å². The van der Waals surface area contributed by atoms with Gasteiger partial charge >= 0.3 is 5.97 Å². The predicted molar refractivity (Wildman–Crippen MR) is 116 cm³/mol. The van der Waals surface area contributed by atoms with Gasteiger partial charge in [-0.1, -0.05) is 30.3 Å². The van der Waals surface area contributed by atoms with Crippen molar-refractivity contribution < 1.29 is 19.1 Å². The van der Waals surface area contributed by atoms with E-state index in [0.29, 0.717) is 30.3 Å². The van der Waals surface area contributed by atoms with Gasteiger partial charge in [-0.15, -0.1) is 0 Å². The normalized spacial score (nSPS) is 16.1. The van der Waals surface area contributed by atoms with Crippen LogP contribution in [-0.2, 0) is 20.7 Å². The number of ether oxygens (including phenoxy) is 2. The molecule has 0 unspecified atom stereocenters. The minimum atomic E-state index is -0.861. The van der Waals surface area contributed by atoms with Crippen LogP contribution < -0.4 is 4.74 Å². The van der Waals surface area contributed by atoms with E-state index in [0.717, 1.165) is 19.3 Å². The maximum absolute atomic E-state index is 12.7. The van der Waals surface area contributed by atoms with E-state index in [4.69, 9.17) is 14.7 Å². The Hall–Kier alpha value is -3.33. The van der Waals surface area contributed by atoms with Crippen molar-refractivity contribution in [1.29, 1.82) is 5.26 Å². The second-order valence-electron chi connectivity index (χ2n) is 7.93. The molecule has 31 heavy (non-hydrogen) atoms. The molecule has 0 saturated carbocycles. The van der Waals surface area contributed by atoms with E-state index >= 15 is 0 Å². The molecule has 0 radical (unpaired) electrons. The average molecular weight is 421 g/mol. The Morgan fingerprint density at radius 1 is 1.03 bits per heavy atom. The Kier molecular flexibility index (Phi) is 7.66.